The van der Waals surface area contributed by atoms with Gasteiger partial charge in [-0.1, -0.05) is 0 Å². The molecule has 0 aliphatic heterocycles. The lowest BCUT2D eigenvalue weighted by molar-refractivity contribution is -0.274. The average molecular weight is 270 g/mol. The van der Waals surface area contributed by atoms with E-state index in [4.69, 9.17) is 0 Å². The molecule has 8 heteroatoms. The maximum absolute atomic E-state index is 12.4. The Labute approximate surface area is 98.1 Å². The van der Waals surface area contributed by atoms with E-state index >= 15 is 0 Å². The predicted molar refractivity (Wildman–Crippen MR) is 49.4 cm³/mol. The van der Waals surface area contributed by atoms with Crippen LogP contribution in [0, 0.1) is 0 Å². The quantitative estimate of drug-likeness (QED) is 0.624. The summed E-state index contributed by atoms with van der Waals surface area (Å²) in [7, 11) is 0.911. The van der Waals surface area contributed by atoms with Crippen molar-refractivity contribution in [1.82, 2.24) is 0 Å². The zero-order chi connectivity index (χ0) is 13.9. The van der Waals surface area contributed by atoms with Crippen molar-refractivity contribution in [3.05, 3.63) is 29.3 Å². The maximum Gasteiger partial charge on any atom is 0.573 e. The van der Waals surface area contributed by atoms with Gasteiger partial charge in [0.15, 0.2) is 0 Å². The van der Waals surface area contributed by atoms with Crippen molar-refractivity contribution in [1.29, 1.82) is 0 Å². The van der Waals surface area contributed by atoms with Gasteiger partial charge in [0.2, 0.25) is 0 Å². The lowest BCUT2D eigenvalue weighted by Crippen LogP contribution is -2.19. The molecule has 0 atom stereocenters. The monoisotopic (exact) mass is 270 g/mol. The summed E-state index contributed by atoms with van der Waals surface area (Å²) >= 11 is 0. The SMILES string of the molecule is COC(=O)c1cc(C(F)F)ccc1OC(F)(F)F. The fraction of sp³-hybridized carbons (Fsp3) is 0.300. The van der Waals surface area contributed by atoms with E-state index < -0.39 is 35.6 Å². The number of hydrogen-bond acceptors (Lipinski definition) is 3. The van der Waals surface area contributed by atoms with E-state index in [0.29, 0.717) is 12.1 Å². The molecule has 0 radical (unpaired) electrons. The second-order valence-corrected chi connectivity index (χ2v) is 3.10. The number of ether oxygens (including phenoxy) is 2. The predicted octanol–water partition coefficient (Wildman–Crippen LogP) is 3.31. The summed E-state index contributed by atoms with van der Waals surface area (Å²) < 4.78 is 68.6. The summed E-state index contributed by atoms with van der Waals surface area (Å²) in [5, 5.41) is 0. The number of rotatable bonds is 3. The summed E-state index contributed by atoms with van der Waals surface area (Å²) in [6.45, 7) is 0. The third-order valence-corrected chi connectivity index (χ3v) is 1.89. The number of halogens is 5. The molecule has 1 rings (SSSR count). The Balaban J connectivity index is 3.21. The third-order valence-electron chi connectivity index (χ3n) is 1.89. The molecule has 1 aromatic carbocycles. The standard InChI is InChI=1S/C10H7F5O3/c1-17-9(16)6-4-5(8(11)12)2-3-7(6)18-10(13,14)15/h2-4,8H,1H3. The number of alkyl halides is 5. The Morgan fingerprint density at radius 1 is 1.28 bits per heavy atom. The molecular formula is C10H7F5O3. The normalized spacial score (nSPS) is 11.5. The first-order valence-corrected chi connectivity index (χ1v) is 4.50. The first kappa shape index (κ1) is 14.2. The van der Waals surface area contributed by atoms with Crippen LogP contribution in [-0.4, -0.2) is 19.4 Å². The molecule has 18 heavy (non-hydrogen) atoms. The number of methoxy groups -OCH3 is 1. The summed E-state index contributed by atoms with van der Waals surface area (Å²) in [4.78, 5) is 11.2. The Morgan fingerprint density at radius 3 is 2.33 bits per heavy atom. The fourth-order valence-corrected chi connectivity index (χ4v) is 1.17. The molecule has 0 fully saturated rings. The minimum atomic E-state index is -5.03. The lowest BCUT2D eigenvalue weighted by Gasteiger charge is -2.13. The van der Waals surface area contributed by atoms with Gasteiger partial charge in [-0.25, -0.2) is 13.6 Å². The number of benzene rings is 1. The molecule has 0 saturated heterocycles. The van der Waals surface area contributed by atoms with Crippen LogP contribution in [0.5, 0.6) is 5.75 Å². The van der Waals surface area contributed by atoms with Crippen molar-refractivity contribution in [3.8, 4) is 5.75 Å². The van der Waals surface area contributed by atoms with Gasteiger partial charge in [-0.2, -0.15) is 0 Å². The highest BCUT2D eigenvalue weighted by Gasteiger charge is 2.33. The zero-order valence-corrected chi connectivity index (χ0v) is 8.92. The van der Waals surface area contributed by atoms with Gasteiger partial charge >= 0.3 is 12.3 Å². The van der Waals surface area contributed by atoms with E-state index in [1.165, 1.54) is 0 Å². The largest absolute Gasteiger partial charge is 0.573 e. The van der Waals surface area contributed by atoms with Gasteiger partial charge in [0.25, 0.3) is 6.43 Å². The third kappa shape index (κ3) is 3.57. The molecule has 0 spiro atoms. The van der Waals surface area contributed by atoms with E-state index in [1.54, 1.807) is 0 Å². The second kappa shape index (κ2) is 5.19. The van der Waals surface area contributed by atoms with Crippen LogP contribution < -0.4 is 4.74 Å². The van der Waals surface area contributed by atoms with Gasteiger partial charge in [0.1, 0.15) is 11.3 Å². The average Bonchev–Trinajstić information content (AvgIpc) is 2.26. The van der Waals surface area contributed by atoms with Crippen molar-refractivity contribution in [2.24, 2.45) is 0 Å². The summed E-state index contributed by atoms with van der Waals surface area (Å²) in [6.07, 6.45) is -7.96. The Bertz CT molecular complexity index is 442. The van der Waals surface area contributed by atoms with Crippen LogP contribution in [0.3, 0.4) is 0 Å². The summed E-state index contributed by atoms with van der Waals surface area (Å²) in [6, 6.07) is 1.97. The van der Waals surface area contributed by atoms with Gasteiger partial charge in [0, 0.05) is 5.56 Å². The van der Waals surface area contributed by atoms with E-state index in [-0.39, 0.29) is 0 Å². The molecule has 1 aromatic rings. The zero-order valence-electron chi connectivity index (χ0n) is 8.92. The van der Waals surface area contributed by atoms with Crippen LogP contribution in [0.4, 0.5) is 22.0 Å². The molecule has 0 N–H and O–H groups in total. The second-order valence-electron chi connectivity index (χ2n) is 3.10. The van der Waals surface area contributed by atoms with Crippen molar-refractivity contribution in [3.63, 3.8) is 0 Å². The fourth-order valence-electron chi connectivity index (χ4n) is 1.17. The van der Waals surface area contributed by atoms with E-state index in [2.05, 4.69) is 9.47 Å². The molecule has 0 aromatic heterocycles. The van der Waals surface area contributed by atoms with Crippen LogP contribution in [0.1, 0.15) is 22.3 Å². The van der Waals surface area contributed by atoms with Gasteiger partial charge < -0.3 is 9.47 Å². The topological polar surface area (TPSA) is 35.5 Å². The first-order valence-electron chi connectivity index (χ1n) is 4.50. The first-order chi connectivity index (χ1) is 8.24. The summed E-state index contributed by atoms with van der Waals surface area (Å²) in [5.74, 6) is -2.09. The van der Waals surface area contributed by atoms with E-state index in [0.717, 1.165) is 13.2 Å². The van der Waals surface area contributed by atoms with E-state index in [9.17, 15) is 26.7 Å². The molecule has 0 amide bonds. The molecule has 3 nitrogen and oxygen atoms in total. The van der Waals surface area contributed by atoms with Crippen LogP contribution in [0.25, 0.3) is 0 Å². The van der Waals surface area contributed by atoms with Crippen molar-refractivity contribution >= 4 is 5.97 Å². The van der Waals surface area contributed by atoms with Crippen LogP contribution in [0.2, 0.25) is 0 Å². The molecule has 0 heterocycles. The molecule has 0 unspecified atom stereocenters. The summed E-state index contributed by atoms with van der Waals surface area (Å²) in [5.41, 5.74) is -1.32. The Hall–Kier alpha value is -1.86. The molecule has 0 aliphatic rings. The van der Waals surface area contributed by atoms with Crippen LogP contribution in [-0.2, 0) is 4.74 Å². The number of carbonyl (C=O) groups is 1. The molecular weight excluding hydrogens is 263 g/mol. The highest BCUT2D eigenvalue weighted by Crippen LogP contribution is 2.30. The highest BCUT2D eigenvalue weighted by atomic mass is 19.4. The van der Waals surface area contributed by atoms with Gasteiger partial charge in [0.05, 0.1) is 7.11 Å². The van der Waals surface area contributed by atoms with Gasteiger partial charge in [-0.3, -0.25) is 0 Å². The number of hydrogen-bond donors (Lipinski definition) is 0. The lowest BCUT2D eigenvalue weighted by atomic mass is 10.1. The molecule has 0 saturated carbocycles. The Kier molecular flexibility index (Phi) is 4.10. The van der Waals surface area contributed by atoms with Crippen molar-refractivity contribution < 1.29 is 36.2 Å². The minimum absolute atomic E-state index is 0.595. The smallest absolute Gasteiger partial charge is 0.465 e. The molecule has 0 aliphatic carbocycles. The van der Waals surface area contributed by atoms with Crippen molar-refractivity contribution in [2.45, 2.75) is 12.8 Å². The van der Waals surface area contributed by atoms with Crippen LogP contribution >= 0.6 is 0 Å². The number of carbonyl (C=O) groups excluding carboxylic acids is 1. The number of esters is 1. The Morgan fingerprint density at radius 2 is 1.89 bits per heavy atom. The molecule has 0 bridgehead atoms. The maximum atomic E-state index is 12.4. The highest BCUT2D eigenvalue weighted by molar-refractivity contribution is 5.92. The van der Waals surface area contributed by atoms with Crippen LogP contribution in [0.15, 0.2) is 18.2 Å². The van der Waals surface area contributed by atoms with E-state index in [1.807, 2.05) is 0 Å². The van der Waals surface area contributed by atoms with Crippen molar-refractivity contribution in [2.75, 3.05) is 7.11 Å². The van der Waals surface area contributed by atoms with Gasteiger partial charge in [-0.15, -0.1) is 13.2 Å². The minimum Gasteiger partial charge on any atom is -0.465 e. The molecule has 100 valence electrons. The van der Waals surface area contributed by atoms with Gasteiger partial charge in [-0.05, 0) is 18.2 Å².